The molecule has 0 amide bonds. The van der Waals surface area contributed by atoms with E-state index in [4.69, 9.17) is 4.74 Å². The van der Waals surface area contributed by atoms with E-state index in [1.807, 2.05) is 0 Å². The number of nitrogens with one attached hydrogen (secondary N) is 1. The summed E-state index contributed by atoms with van der Waals surface area (Å²) in [5, 5.41) is 3.42. The molecule has 0 saturated heterocycles. The zero-order valence-electron chi connectivity index (χ0n) is 13.5. The van der Waals surface area contributed by atoms with Crippen LogP contribution in [0, 0.1) is 20.8 Å². The molecule has 0 aromatic heterocycles. The highest BCUT2D eigenvalue weighted by molar-refractivity contribution is 5.41. The van der Waals surface area contributed by atoms with Gasteiger partial charge in [0.15, 0.2) is 0 Å². The molecule has 2 aromatic rings. The number of benzene rings is 2. The summed E-state index contributed by atoms with van der Waals surface area (Å²) < 4.78 is 6.03. The molecule has 0 fully saturated rings. The van der Waals surface area contributed by atoms with Crippen LogP contribution in [0.4, 0.5) is 0 Å². The van der Waals surface area contributed by atoms with E-state index in [2.05, 4.69) is 69.4 Å². The van der Waals surface area contributed by atoms with E-state index in [9.17, 15) is 0 Å². The Morgan fingerprint density at radius 2 is 1.67 bits per heavy atom. The van der Waals surface area contributed by atoms with Gasteiger partial charge in [-0.2, -0.15) is 0 Å². The Morgan fingerprint density at radius 3 is 2.29 bits per heavy atom. The van der Waals surface area contributed by atoms with E-state index in [1.165, 1.54) is 22.3 Å². The van der Waals surface area contributed by atoms with Crippen molar-refractivity contribution in [1.82, 2.24) is 5.32 Å². The summed E-state index contributed by atoms with van der Waals surface area (Å²) >= 11 is 0. The van der Waals surface area contributed by atoms with Crippen molar-refractivity contribution in [1.29, 1.82) is 0 Å². The van der Waals surface area contributed by atoms with Crippen molar-refractivity contribution in [2.45, 2.75) is 40.7 Å². The fraction of sp³-hybridized carbons (Fsp3) is 0.368. The second kappa shape index (κ2) is 7.28. The van der Waals surface area contributed by atoms with Gasteiger partial charge in [-0.05, 0) is 74.2 Å². The Kier molecular flexibility index (Phi) is 5.40. The van der Waals surface area contributed by atoms with E-state index in [-0.39, 0.29) is 0 Å². The molecule has 0 aliphatic heterocycles. The average molecular weight is 283 g/mol. The van der Waals surface area contributed by atoms with E-state index in [0.717, 1.165) is 31.0 Å². The van der Waals surface area contributed by atoms with Crippen LogP contribution in [0.1, 0.15) is 35.6 Å². The lowest BCUT2D eigenvalue weighted by molar-refractivity contribution is 0.477. The first-order valence-corrected chi connectivity index (χ1v) is 7.65. The lowest BCUT2D eigenvalue weighted by Crippen LogP contribution is -2.13. The summed E-state index contributed by atoms with van der Waals surface area (Å²) in [6, 6.07) is 12.7. The summed E-state index contributed by atoms with van der Waals surface area (Å²) in [4.78, 5) is 0. The molecule has 2 heteroatoms. The van der Waals surface area contributed by atoms with Crippen LogP contribution >= 0.6 is 0 Å². The number of hydrogen-bond donors (Lipinski definition) is 1. The molecule has 2 nitrogen and oxygen atoms in total. The van der Waals surface area contributed by atoms with Crippen molar-refractivity contribution < 1.29 is 4.74 Å². The van der Waals surface area contributed by atoms with Crippen molar-refractivity contribution in [3.63, 3.8) is 0 Å². The van der Waals surface area contributed by atoms with E-state index < -0.39 is 0 Å². The molecular weight excluding hydrogens is 258 g/mol. The van der Waals surface area contributed by atoms with Crippen LogP contribution in [0.15, 0.2) is 36.4 Å². The second-order valence-electron chi connectivity index (χ2n) is 5.70. The third-order valence-electron chi connectivity index (χ3n) is 3.42. The monoisotopic (exact) mass is 283 g/mol. The Balaban J connectivity index is 2.10. The first kappa shape index (κ1) is 15.6. The minimum absolute atomic E-state index is 0.910. The highest BCUT2D eigenvalue weighted by atomic mass is 16.5. The van der Waals surface area contributed by atoms with E-state index in [0.29, 0.717) is 0 Å². The zero-order chi connectivity index (χ0) is 15.2. The Labute approximate surface area is 128 Å². The average Bonchev–Trinajstić information content (AvgIpc) is 2.41. The molecule has 0 spiro atoms. The van der Waals surface area contributed by atoms with Gasteiger partial charge in [0.25, 0.3) is 0 Å². The van der Waals surface area contributed by atoms with E-state index in [1.54, 1.807) is 0 Å². The normalized spacial score (nSPS) is 10.7. The summed E-state index contributed by atoms with van der Waals surface area (Å²) in [5.41, 5.74) is 4.92. The molecule has 0 radical (unpaired) electrons. The van der Waals surface area contributed by atoms with Gasteiger partial charge in [-0.1, -0.05) is 25.1 Å². The summed E-state index contributed by atoms with van der Waals surface area (Å²) in [7, 11) is 0. The van der Waals surface area contributed by atoms with Crippen LogP contribution in [-0.4, -0.2) is 6.54 Å². The fourth-order valence-corrected chi connectivity index (χ4v) is 2.46. The molecule has 0 heterocycles. The number of rotatable bonds is 6. The predicted octanol–water partition coefficient (Wildman–Crippen LogP) is 4.90. The number of hydrogen-bond acceptors (Lipinski definition) is 2. The molecule has 2 aromatic carbocycles. The second-order valence-corrected chi connectivity index (χ2v) is 5.70. The Bertz CT molecular complexity index is 584. The molecule has 1 N–H and O–H groups in total. The smallest absolute Gasteiger partial charge is 0.130 e. The van der Waals surface area contributed by atoms with Gasteiger partial charge < -0.3 is 10.1 Å². The van der Waals surface area contributed by atoms with Gasteiger partial charge in [0.2, 0.25) is 0 Å². The fourth-order valence-electron chi connectivity index (χ4n) is 2.46. The summed E-state index contributed by atoms with van der Waals surface area (Å²) in [5.74, 6) is 1.84. The molecule has 0 unspecified atom stereocenters. The molecule has 0 atom stereocenters. The highest BCUT2D eigenvalue weighted by Crippen LogP contribution is 2.27. The maximum atomic E-state index is 6.03. The maximum Gasteiger partial charge on any atom is 0.130 e. The quantitative estimate of drug-likeness (QED) is 0.761. The zero-order valence-corrected chi connectivity index (χ0v) is 13.5. The first-order valence-electron chi connectivity index (χ1n) is 7.65. The van der Waals surface area contributed by atoms with Crippen LogP contribution in [0.25, 0.3) is 0 Å². The van der Waals surface area contributed by atoms with Crippen molar-refractivity contribution in [2.75, 3.05) is 6.54 Å². The van der Waals surface area contributed by atoms with Gasteiger partial charge >= 0.3 is 0 Å². The molecule has 112 valence electrons. The topological polar surface area (TPSA) is 21.3 Å². The van der Waals surface area contributed by atoms with Crippen LogP contribution in [0.5, 0.6) is 11.5 Å². The van der Waals surface area contributed by atoms with Gasteiger partial charge in [-0.3, -0.25) is 0 Å². The third-order valence-corrected chi connectivity index (χ3v) is 3.42. The predicted molar refractivity (Wildman–Crippen MR) is 89.2 cm³/mol. The highest BCUT2D eigenvalue weighted by Gasteiger charge is 2.04. The van der Waals surface area contributed by atoms with Gasteiger partial charge in [-0.25, -0.2) is 0 Å². The van der Waals surface area contributed by atoms with Gasteiger partial charge in [0, 0.05) is 6.54 Å². The summed E-state index contributed by atoms with van der Waals surface area (Å²) in [6.45, 7) is 10.4. The SMILES string of the molecule is CCCNCc1ccc(Oc2cc(C)cc(C)c2)c(C)c1. The van der Waals surface area contributed by atoms with Crippen molar-refractivity contribution in [3.05, 3.63) is 58.7 Å². The van der Waals surface area contributed by atoms with Gasteiger partial charge in [0.1, 0.15) is 11.5 Å². The number of aryl methyl sites for hydroxylation is 3. The van der Waals surface area contributed by atoms with Crippen molar-refractivity contribution >= 4 is 0 Å². The minimum Gasteiger partial charge on any atom is -0.457 e. The van der Waals surface area contributed by atoms with Crippen molar-refractivity contribution in [3.8, 4) is 11.5 Å². The standard InChI is InChI=1S/C19H25NO/c1-5-8-20-13-17-6-7-19(16(4)12-17)21-18-10-14(2)9-15(3)11-18/h6-7,9-12,20H,5,8,13H2,1-4H3. The van der Waals surface area contributed by atoms with Crippen LogP contribution in [0.2, 0.25) is 0 Å². The lowest BCUT2D eigenvalue weighted by Gasteiger charge is -2.12. The molecular formula is C19H25NO. The molecule has 21 heavy (non-hydrogen) atoms. The van der Waals surface area contributed by atoms with E-state index >= 15 is 0 Å². The molecule has 0 aliphatic carbocycles. The molecule has 0 bridgehead atoms. The van der Waals surface area contributed by atoms with Crippen LogP contribution in [-0.2, 0) is 6.54 Å². The largest absolute Gasteiger partial charge is 0.457 e. The minimum atomic E-state index is 0.910. The summed E-state index contributed by atoms with van der Waals surface area (Å²) in [6.07, 6.45) is 1.16. The van der Waals surface area contributed by atoms with Gasteiger partial charge in [-0.15, -0.1) is 0 Å². The lowest BCUT2D eigenvalue weighted by atomic mass is 10.1. The molecule has 0 aliphatic rings. The maximum absolute atomic E-state index is 6.03. The number of ether oxygens (including phenoxy) is 1. The first-order chi connectivity index (χ1) is 10.1. The van der Waals surface area contributed by atoms with Crippen molar-refractivity contribution in [2.24, 2.45) is 0 Å². The Morgan fingerprint density at radius 1 is 0.952 bits per heavy atom. The molecule has 0 saturated carbocycles. The van der Waals surface area contributed by atoms with Crippen LogP contribution < -0.4 is 10.1 Å². The van der Waals surface area contributed by atoms with Gasteiger partial charge in [0.05, 0.1) is 0 Å². The van der Waals surface area contributed by atoms with Crippen LogP contribution in [0.3, 0.4) is 0 Å². The molecule has 2 rings (SSSR count). The third kappa shape index (κ3) is 4.61. The Hall–Kier alpha value is -1.80.